The molecule has 5 heteroatoms. The fourth-order valence-corrected chi connectivity index (χ4v) is 2.79. The third-order valence-electron chi connectivity index (χ3n) is 4.23. The maximum atomic E-state index is 12.7. The number of nitrogens with zero attached hydrogens (tertiary/aromatic N) is 1. The van der Waals surface area contributed by atoms with E-state index >= 15 is 0 Å². The molecule has 0 aliphatic carbocycles. The molecule has 0 atom stereocenters. The van der Waals surface area contributed by atoms with Crippen molar-refractivity contribution in [2.45, 2.75) is 39.5 Å². The van der Waals surface area contributed by atoms with Crippen molar-refractivity contribution in [3.05, 3.63) is 29.3 Å². The van der Waals surface area contributed by atoms with Gasteiger partial charge in [-0.1, -0.05) is 45.9 Å². The largest absolute Gasteiger partial charge is 0.383 e. The topological polar surface area (TPSA) is 50.8 Å². The summed E-state index contributed by atoms with van der Waals surface area (Å²) in [5.74, 6) is 0.710. The van der Waals surface area contributed by atoms with Gasteiger partial charge in [-0.3, -0.25) is 9.69 Å². The lowest BCUT2D eigenvalue weighted by Crippen LogP contribution is -2.37. The van der Waals surface area contributed by atoms with E-state index in [1.807, 2.05) is 0 Å². The zero-order valence-electron chi connectivity index (χ0n) is 16.6. The van der Waals surface area contributed by atoms with E-state index in [9.17, 15) is 4.79 Å². The number of hydrogen-bond donors (Lipinski definition) is 1. The first-order chi connectivity index (χ1) is 11.9. The summed E-state index contributed by atoms with van der Waals surface area (Å²) in [5.41, 5.74) is 3.33. The predicted molar refractivity (Wildman–Crippen MR) is 103 cm³/mol. The zero-order valence-corrected chi connectivity index (χ0v) is 16.6. The Hall–Kier alpha value is -1.43. The number of nitrogens with one attached hydrogen (secondary N) is 1. The highest BCUT2D eigenvalue weighted by atomic mass is 16.5. The lowest BCUT2D eigenvalue weighted by molar-refractivity contribution is -0.117. The van der Waals surface area contributed by atoms with Gasteiger partial charge in [0.25, 0.3) is 0 Å². The lowest BCUT2D eigenvalue weighted by atomic mass is 9.92. The Morgan fingerprint density at radius 1 is 1.00 bits per heavy atom. The van der Waals surface area contributed by atoms with Gasteiger partial charge >= 0.3 is 0 Å². The Morgan fingerprint density at radius 2 is 1.48 bits per heavy atom. The highest BCUT2D eigenvalue weighted by molar-refractivity contribution is 5.94. The minimum Gasteiger partial charge on any atom is -0.383 e. The molecule has 1 rings (SSSR count). The van der Waals surface area contributed by atoms with Crippen molar-refractivity contribution in [2.75, 3.05) is 52.4 Å². The summed E-state index contributed by atoms with van der Waals surface area (Å²) in [6, 6.07) is 6.27. The molecule has 0 aliphatic heterocycles. The van der Waals surface area contributed by atoms with E-state index in [0.717, 1.165) is 5.69 Å². The zero-order chi connectivity index (χ0) is 18.8. The van der Waals surface area contributed by atoms with Gasteiger partial charge in [-0.15, -0.1) is 0 Å². The Kier molecular flexibility index (Phi) is 9.71. The van der Waals surface area contributed by atoms with Crippen LogP contribution < -0.4 is 5.32 Å². The first kappa shape index (κ1) is 21.6. The summed E-state index contributed by atoms with van der Waals surface area (Å²) in [6.07, 6.45) is 0. The monoisotopic (exact) mass is 350 g/mol. The molecular weight excluding hydrogens is 316 g/mol. The number of amides is 1. The van der Waals surface area contributed by atoms with E-state index in [2.05, 4.69) is 56.1 Å². The maximum absolute atomic E-state index is 12.7. The standard InChI is InChI=1S/C20H34N2O3/c1-15(2)17-8-7-9-18(16(3)4)20(17)21-19(23)14-22(10-12-24-5)11-13-25-6/h7-9,15-16H,10-14H2,1-6H3,(H,21,23). The summed E-state index contributed by atoms with van der Waals surface area (Å²) >= 11 is 0. The summed E-state index contributed by atoms with van der Waals surface area (Å²) in [4.78, 5) is 14.7. The van der Waals surface area contributed by atoms with Crippen molar-refractivity contribution in [1.82, 2.24) is 4.90 Å². The van der Waals surface area contributed by atoms with Gasteiger partial charge in [-0.05, 0) is 23.0 Å². The van der Waals surface area contributed by atoms with Crippen molar-refractivity contribution >= 4 is 11.6 Å². The van der Waals surface area contributed by atoms with Crippen LogP contribution in [0.5, 0.6) is 0 Å². The lowest BCUT2D eigenvalue weighted by Gasteiger charge is -2.23. The van der Waals surface area contributed by atoms with Crippen LogP contribution in [0.2, 0.25) is 0 Å². The third-order valence-corrected chi connectivity index (χ3v) is 4.23. The Labute approximate surface area is 152 Å². The smallest absolute Gasteiger partial charge is 0.238 e. The summed E-state index contributed by atoms with van der Waals surface area (Å²) in [7, 11) is 3.34. The molecule has 0 aromatic heterocycles. The third kappa shape index (κ3) is 7.14. The molecule has 0 heterocycles. The van der Waals surface area contributed by atoms with Crippen LogP contribution >= 0.6 is 0 Å². The molecule has 0 aliphatic rings. The molecule has 0 fully saturated rings. The van der Waals surface area contributed by atoms with Crippen LogP contribution in [0.3, 0.4) is 0 Å². The number of anilines is 1. The molecule has 1 N–H and O–H groups in total. The maximum Gasteiger partial charge on any atom is 0.238 e. The molecule has 1 aromatic rings. The number of carbonyl (C=O) groups excluding carboxylic acids is 1. The molecule has 0 radical (unpaired) electrons. The van der Waals surface area contributed by atoms with Gasteiger partial charge in [-0.25, -0.2) is 0 Å². The van der Waals surface area contributed by atoms with E-state index in [1.165, 1.54) is 11.1 Å². The molecule has 5 nitrogen and oxygen atoms in total. The first-order valence-electron chi connectivity index (χ1n) is 9.03. The fraction of sp³-hybridized carbons (Fsp3) is 0.650. The minimum absolute atomic E-state index is 0.00204. The highest BCUT2D eigenvalue weighted by Gasteiger charge is 2.17. The Morgan fingerprint density at radius 3 is 1.88 bits per heavy atom. The second-order valence-electron chi connectivity index (χ2n) is 6.93. The normalized spacial score (nSPS) is 11.6. The van der Waals surface area contributed by atoms with Gasteiger partial charge in [0.15, 0.2) is 0 Å². The van der Waals surface area contributed by atoms with Crippen LogP contribution in [-0.2, 0) is 14.3 Å². The second-order valence-corrected chi connectivity index (χ2v) is 6.93. The molecule has 0 unspecified atom stereocenters. The van der Waals surface area contributed by atoms with Crippen LogP contribution in [0.15, 0.2) is 18.2 Å². The van der Waals surface area contributed by atoms with Gasteiger partial charge < -0.3 is 14.8 Å². The highest BCUT2D eigenvalue weighted by Crippen LogP contribution is 2.32. The van der Waals surface area contributed by atoms with E-state index in [4.69, 9.17) is 9.47 Å². The van der Waals surface area contributed by atoms with E-state index in [1.54, 1.807) is 14.2 Å². The number of rotatable bonds is 11. The molecule has 0 saturated carbocycles. The SMILES string of the molecule is COCCN(CCOC)CC(=O)Nc1c(C(C)C)cccc1C(C)C. The number of ether oxygens (including phenoxy) is 2. The average Bonchev–Trinajstić information content (AvgIpc) is 2.56. The molecule has 0 spiro atoms. The molecule has 1 aromatic carbocycles. The number of para-hydroxylation sites is 1. The van der Waals surface area contributed by atoms with Crippen LogP contribution in [0, 0.1) is 0 Å². The Balaban J connectivity index is 2.90. The van der Waals surface area contributed by atoms with Crippen molar-refractivity contribution in [3.63, 3.8) is 0 Å². The molecule has 25 heavy (non-hydrogen) atoms. The van der Waals surface area contributed by atoms with E-state index in [0.29, 0.717) is 44.7 Å². The summed E-state index contributed by atoms with van der Waals surface area (Å²) < 4.78 is 10.3. The van der Waals surface area contributed by atoms with Crippen molar-refractivity contribution in [3.8, 4) is 0 Å². The number of methoxy groups -OCH3 is 2. The van der Waals surface area contributed by atoms with Gasteiger partial charge in [0.1, 0.15) is 0 Å². The van der Waals surface area contributed by atoms with Gasteiger partial charge in [0.05, 0.1) is 19.8 Å². The number of hydrogen-bond acceptors (Lipinski definition) is 4. The quantitative estimate of drug-likeness (QED) is 0.664. The molecule has 0 saturated heterocycles. The molecule has 0 bridgehead atoms. The van der Waals surface area contributed by atoms with Gasteiger partial charge in [-0.2, -0.15) is 0 Å². The Bertz CT molecular complexity index is 495. The van der Waals surface area contributed by atoms with Crippen molar-refractivity contribution in [2.24, 2.45) is 0 Å². The van der Waals surface area contributed by atoms with Gasteiger partial charge in [0.2, 0.25) is 5.91 Å². The molecule has 1 amide bonds. The number of benzene rings is 1. The predicted octanol–water partition coefficient (Wildman–Crippen LogP) is 3.47. The number of carbonyl (C=O) groups is 1. The van der Waals surface area contributed by atoms with Crippen molar-refractivity contribution < 1.29 is 14.3 Å². The van der Waals surface area contributed by atoms with Crippen LogP contribution in [0.25, 0.3) is 0 Å². The summed E-state index contributed by atoms with van der Waals surface area (Å²) in [5, 5.41) is 3.16. The van der Waals surface area contributed by atoms with E-state index < -0.39 is 0 Å². The van der Waals surface area contributed by atoms with Crippen LogP contribution in [0.1, 0.15) is 50.7 Å². The molecule has 142 valence electrons. The fourth-order valence-electron chi connectivity index (χ4n) is 2.79. The first-order valence-corrected chi connectivity index (χ1v) is 9.03. The summed E-state index contributed by atoms with van der Waals surface area (Å²) in [6.45, 7) is 11.5. The van der Waals surface area contributed by atoms with Crippen LogP contribution in [0.4, 0.5) is 5.69 Å². The van der Waals surface area contributed by atoms with E-state index in [-0.39, 0.29) is 5.91 Å². The second kappa shape index (κ2) is 11.2. The molecular formula is C20H34N2O3. The van der Waals surface area contributed by atoms with Gasteiger partial charge in [0, 0.05) is 33.0 Å². The van der Waals surface area contributed by atoms with Crippen LogP contribution in [-0.4, -0.2) is 57.9 Å². The average molecular weight is 351 g/mol. The van der Waals surface area contributed by atoms with Crippen molar-refractivity contribution in [1.29, 1.82) is 0 Å². The minimum atomic E-state index is 0.00204.